The molecule has 0 unspecified atom stereocenters. The van der Waals surface area contributed by atoms with Crippen LogP contribution >= 0.6 is 0 Å². The zero-order valence-corrected chi connectivity index (χ0v) is 20.5. The number of amides is 1. The van der Waals surface area contributed by atoms with Crippen molar-refractivity contribution in [1.29, 1.82) is 0 Å². The third-order valence-corrected chi connectivity index (χ3v) is 6.80. The molecule has 0 bridgehead atoms. The first-order chi connectivity index (χ1) is 17.4. The number of methoxy groups -OCH3 is 2. The maximum Gasteiger partial charge on any atom is 0.328 e. The number of carbonyl (C=O) groups is 1. The first-order valence-electron chi connectivity index (χ1n) is 12.0. The molecule has 3 aromatic rings. The van der Waals surface area contributed by atoms with Gasteiger partial charge in [0, 0.05) is 31.8 Å². The minimum atomic E-state index is -1.44. The average Bonchev–Trinajstić information content (AvgIpc) is 3.40. The molecule has 2 N–H and O–H groups in total. The molecule has 1 aromatic heterocycles. The van der Waals surface area contributed by atoms with Crippen LogP contribution in [-0.4, -0.2) is 52.3 Å². The summed E-state index contributed by atoms with van der Waals surface area (Å²) in [5.74, 6) is 1.26. The van der Waals surface area contributed by atoms with Crippen LogP contribution in [0.15, 0.2) is 70.4 Å². The van der Waals surface area contributed by atoms with Crippen molar-refractivity contribution in [2.45, 2.75) is 43.9 Å². The standard InChI is InChI=1S/C27H31N3O6/c1-35-21-11-7-19(8-12-21)27(34,20-9-13-22(36-2)14-10-20)23-5-3-17-30(23)25(32)6-4-16-29-18-15-24(31)28-26(29)33/h7-15,18,23,34H,3-6,16-17H2,1-2H3,(H,28,31,33)/t23-/m0/s1. The first kappa shape index (κ1) is 25.2. The second kappa shape index (κ2) is 10.8. The second-order valence-electron chi connectivity index (χ2n) is 8.88. The summed E-state index contributed by atoms with van der Waals surface area (Å²) in [6, 6.07) is 15.3. The van der Waals surface area contributed by atoms with Gasteiger partial charge < -0.3 is 24.0 Å². The van der Waals surface area contributed by atoms with Crippen molar-refractivity contribution in [1.82, 2.24) is 14.5 Å². The Morgan fingerprint density at radius 3 is 2.11 bits per heavy atom. The molecule has 1 aliphatic rings. The number of carbonyl (C=O) groups excluding carboxylic acids is 1. The number of hydrogen-bond donors (Lipinski definition) is 2. The number of nitrogens with zero attached hydrogens (tertiary/aromatic N) is 2. The molecule has 36 heavy (non-hydrogen) atoms. The van der Waals surface area contributed by atoms with Crippen LogP contribution in [0.5, 0.6) is 11.5 Å². The van der Waals surface area contributed by atoms with E-state index in [1.807, 2.05) is 24.3 Å². The Hall–Kier alpha value is -3.85. The lowest BCUT2D eigenvalue weighted by Crippen LogP contribution is -2.50. The van der Waals surface area contributed by atoms with Gasteiger partial charge in [-0.1, -0.05) is 24.3 Å². The largest absolute Gasteiger partial charge is 0.497 e. The predicted octanol–water partition coefficient (Wildman–Crippen LogP) is 2.26. The summed E-state index contributed by atoms with van der Waals surface area (Å²) in [5.41, 5.74) is -1.07. The van der Waals surface area contributed by atoms with Crippen molar-refractivity contribution in [2.75, 3.05) is 20.8 Å². The molecule has 1 fully saturated rings. The van der Waals surface area contributed by atoms with E-state index in [2.05, 4.69) is 4.98 Å². The van der Waals surface area contributed by atoms with Crippen molar-refractivity contribution in [3.05, 3.63) is 92.8 Å². The lowest BCUT2D eigenvalue weighted by molar-refractivity contribution is -0.136. The van der Waals surface area contributed by atoms with Crippen LogP contribution in [0.2, 0.25) is 0 Å². The number of aromatic nitrogens is 2. The molecule has 1 atom stereocenters. The van der Waals surface area contributed by atoms with E-state index in [9.17, 15) is 19.5 Å². The van der Waals surface area contributed by atoms with E-state index >= 15 is 0 Å². The monoisotopic (exact) mass is 493 g/mol. The number of H-pyrrole nitrogens is 1. The highest BCUT2D eigenvalue weighted by Gasteiger charge is 2.47. The molecule has 4 rings (SSSR count). The van der Waals surface area contributed by atoms with Gasteiger partial charge in [-0.05, 0) is 54.7 Å². The Morgan fingerprint density at radius 2 is 1.58 bits per heavy atom. The van der Waals surface area contributed by atoms with Crippen LogP contribution in [0.3, 0.4) is 0 Å². The van der Waals surface area contributed by atoms with E-state index < -0.39 is 22.9 Å². The number of ether oxygens (including phenoxy) is 2. The number of rotatable bonds is 9. The Kier molecular flexibility index (Phi) is 7.59. The maximum absolute atomic E-state index is 13.3. The number of aryl methyl sites for hydroxylation is 1. The van der Waals surface area contributed by atoms with Crippen LogP contribution in [0.1, 0.15) is 36.8 Å². The second-order valence-corrected chi connectivity index (χ2v) is 8.88. The summed E-state index contributed by atoms with van der Waals surface area (Å²) in [6.45, 7) is 0.845. The number of benzene rings is 2. The Balaban J connectivity index is 1.59. The quantitative estimate of drug-likeness (QED) is 0.473. The lowest BCUT2D eigenvalue weighted by Gasteiger charge is -2.40. The first-order valence-corrected chi connectivity index (χ1v) is 12.0. The highest BCUT2D eigenvalue weighted by Crippen LogP contribution is 2.41. The molecule has 190 valence electrons. The minimum absolute atomic E-state index is 0.0876. The molecular weight excluding hydrogens is 462 g/mol. The zero-order valence-electron chi connectivity index (χ0n) is 20.5. The van der Waals surface area contributed by atoms with Gasteiger partial charge in [-0.3, -0.25) is 14.6 Å². The van der Waals surface area contributed by atoms with Gasteiger partial charge in [0.2, 0.25) is 5.91 Å². The van der Waals surface area contributed by atoms with Crippen LogP contribution in [-0.2, 0) is 16.9 Å². The zero-order chi connectivity index (χ0) is 25.7. The van der Waals surface area contributed by atoms with Crippen molar-refractivity contribution >= 4 is 5.91 Å². The van der Waals surface area contributed by atoms with Gasteiger partial charge >= 0.3 is 5.69 Å². The predicted molar refractivity (Wildman–Crippen MR) is 134 cm³/mol. The fourth-order valence-corrected chi connectivity index (χ4v) is 4.91. The third-order valence-electron chi connectivity index (χ3n) is 6.80. The molecule has 0 aliphatic carbocycles. The third kappa shape index (κ3) is 5.06. The van der Waals surface area contributed by atoms with Gasteiger partial charge in [-0.25, -0.2) is 4.79 Å². The minimum Gasteiger partial charge on any atom is -0.497 e. The normalized spacial score (nSPS) is 15.6. The fourth-order valence-electron chi connectivity index (χ4n) is 4.91. The average molecular weight is 494 g/mol. The lowest BCUT2D eigenvalue weighted by atomic mass is 9.79. The topological polar surface area (TPSA) is 114 Å². The van der Waals surface area contributed by atoms with Crippen LogP contribution in [0.25, 0.3) is 0 Å². The Bertz CT molecular complexity index is 1250. The highest BCUT2D eigenvalue weighted by molar-refractivity contribution is 5.77. The number of aromatic amines is 1. The van der Waals surface area contributed by atoms with E-state index in [4.69, 9.17) is 9.47 Å². The van der Waals surface area contributed by atoms with E-state index in [0.29, 0.717) is 48.6 Å². The molecule has 1 saturated heterocycles. The number of hydrogen-bond acceptors (Lipinski definition) is 6. The number of aliphatic hydroxyl groups is 1. The molecule has 1 amide bonds. The fraction of sp³-hybridized carbons (Fsp3) is 0.370. The van der Waals surface area contributed by atoms with Crippen molar-refractivity contribution in [2.24, 2.45) is 0 Å². The number of likely N-dealkylation sites (tertiary alicyclic amines) is 1. The van der Waals surface area contributed by atoms with Gasteiger partial charge in [0.15, 0.2) is 0 Å². The molecule has 0 spiro atoms. The van der Waals surface area contributed by atoms with Gasteiger partial charge in [-0.15, -0.1) is 0 Å². The number of nitrogens with one attached hydrogen (secondary N) is 1. The Labute approximate surface area is 208 Å². The highest BCUT2D eigenvalue weighted by atomic mass is 16.5. The summed E-state index contributed by atoms with van der Waals surface area (Å²) in [7, 11) is 3.17. The smallest absolute Gasteiger partial charge is 0.328 e. The summed E-state index contributed by atoms with van der Waals surface area (Å²) in [6.07, 6.45) is 3.47. The van der Waals surface area contributed by atoms with E-state index in [1.165, 1.54) is 16.8 Å². The maximum atomic E-state index is 13.3. The van der Waals surface area contributed by atoms with Crippen LogP contribution < -0.4 is 20.7 Å². The van der Waals surface area contributed by atoms with Crippen molar-refractivity contribution in [3.8, 4) is 11.5 Å². The van der Waals surface area contributed by atoms with E-state index in [0.717, 1.165) is 6.42 Å². The molecule has 1 aliphatic heterocycles. The molecule has 0 radical (unpaired) electrons. The van der Waals surface area contributed by atoms with Crippen molar-refractivity contribution in [3.63, 3.8) is 0 Å². The summed E-state index contributed by atoms with van der Waals surface area (Å²) in [4.78, 5) is 40.5. The molecule has 2 aromatic carbocycles. The van der Waals surface area contributed by atoms with Gasteiger partial charge in [0.1, 0.15) is 17.1 Å². The molecular formula is C27H31N3O6. The van der Waals surface area contributed by atoms with Crippen LogP contribution in [0.4, 0.5) is 0 Å². The van der Waals surface area contributed by atoms with E-state index in [1.54, 1.807) is 43.4 Å². The summed E-state index contributed by atoms with van der Waals surface area (Å²) >= 11 is 0. The summed E-state index contributed by atoms with van der Waals surface area (Å²) in [5, 5.41) is 12.3. The van der Waals surface area contributed by atoms with Crippen molar-refractivity contribution < 1.29 is 19.4 Å². The molecule has 9 nitrogen and oxygen atoms in total. The van der Waals surface area contributed by atoms with Gasteiger partial charge in [-0.2, -0.15) is 0 Å². The molecule has 0 saturated carbocycles. The van der Waals surface area contributed by atoms with E-state index in [-0.39, 0.29) is 12.3 Å². The van der Waals surface area contributed by atoms with Crippen LogP contribution in [0, 0.1) is 0 Å². The SMILES string of the molecule is COc1ccc(C(O)(c2ccc(OC)cc2)[C@@H]2CCCN2C(=O)CCCn2ccc(=O)[nH]c2=O)cc1. The Morgan fingerprint density at radius 1 is 1.00 bits per heavy atom. The molecule has 9 heteroatoms. The van der Waals surface area contributed by atoms with Gasteiger partial charge in [0.25, 0.3) is 5.56 Å². The summed E-state index contributed by atoms with van der Waals surface area (Å²) < 4.78 is 12.0. The molecule has 2 heterocycles. The van der Waals surface area contributed by atoms with Gasteiger partial charge in [0.05, 0.1) is 20.3 Å².